The summed E-state index contributed by atoms with van der Waals surface area (Å²) in [6.45, 7) is 8.74. The summed E-state index contributed by atoms with van der Waals surface area (Å²) in [6, 6.07) is 14.2. The molecule has 3 aromatic rings. The normalized spacial score (nSPS) is 12.1. The van der Waals surface area contributed by atoms with E-state index in [1.807, 2.05) is 25.1 Å². The molecule has 3 rings (SSSR count). The van der Waals surface area contributed by atoms with Crippen LogP contribution < -0.4 is 15.9 Å². The number of hydrogen-bond acceptors (Lipinski definition) is 7. The standard InChI is InChI=1S/C22H27N4O3PS/c1-15(2)31(28,29)21-9-7-6-8-20(21)24-17-13-22(26-23-14-17)25-19-11-10-18(12-16(19)3)30(4,5)27/h6-15H,1-5H3,(H2,24,25,26). The highest BCUT2D eigenvalue weighted by molar-refractivity contribution is 7.92. The zero-order chi connectivity index (χ0) is 22.8. The van der Waals surface area contributed by atoms with Crippen molar-refractivity contribution in [1.82, 2.24) is 10.2 Å². The van der Waals surface area contributed by atoms with Gasteiger partial charge in [0.25, 0.3) is 0 Å². The van der Waals surface area contributed by atoms with Crippen molar-refractivity contribution in [3.8, 4) is 0 Å². The molecule has 0 fully saturated rings. The van der Waals surface area contributed by atoms with Gasteiger partial charge in [0, 0.05) is 17.1 Å². The predicted octanol–water partition coefficient (Wildman–Crippen LogP) is 4.70. The minimum Gasteiger partial charge on any atom is -0.353 e. The van der Waals surface area contributed by atoms with E-state index in [0.29, 0.717) is 17.2 Å². The Morgan fingerprint density at radius 2 is 1.68 bits per heavy atom. The molecule has 0 aliphatic rings. The van der Waals surface area contributed by atoms with Crippen LogP contribution in [0.25, 0.3) is 0 Å². The van der Waals surface area contributed by atoms with Gasteiger partial charge in [-0.05, 0) is 70.0 Å². The lowest BCUT2D eigenvalue weighted by molar-refractivity contribution is 0.587. The van der Waals surface area contributed by atoms with Gasteiger partial charge in [0.05, 0.1) is 27.7 Å². The molecule has 2 aromatic carbocycles. The summed E-state index contributed by atoms with van der Waals surface area (Å²) in [4.78, 5) is 0.242. The number of para-hydroxylation sites is 1. The monoisotopic (exact) mass is 458 g/mol. The van der Waals surface area contributed by atoms with Crippen LogP contribution in [0.15, 0.2) is 59.6 Å². The fourth-order valence-corrected chi connectivity index (χ4v) is 5.12. The zero-order valence-corrected chi connectivity index (χ0v) is 20.0. The molecule has 0 unspecified atom stereocenters. The highest BCUT2D eigenvalue weighted by Crippen LogP contribution is 2.36. The molecule has 0 atom stereocenters. The van der Waals surface area contributed by atoms with Gasteiger partial charge in [0.2, 0.25) is 0 Å². The summed E-state index contributed by atoms with van der Waals surface area (Å²) in [6.07, 6.45) is 1.53. The van der Waals surface area contributed by atoms with Crippen molar-refractivity contribution < 1.29 is 13.0 Å². The van der Waals surface area contributed by atoms with Crippen LogP contribution in [0.4, 0.5) is 22.9 Å². The highest BCUT2D eigenvalue weighted by Gasteiger charge is 2.22. The van der Waals surface area contributed by atoms with Gasteiger partial charge in [-0.1, -0.05) is 12.1 Å². The number of hydrogen-bond donors (Lipinski definition) is 2. The first kappa shape index (κ1) is 23.0. The average Bonchev–Trinajstić information content (AvgIpc) is 2.69. The van der Waals surface area contributed by atoms with E-state index in [1.54, 1.807) is 57.5 Å². The van der Waals surface area contributed by atoms with E-state index in [-0.39, 0.29) is 4.90 Å². The van der Waals surface area contributed by atoms with Gasteiger partial charge in [-0.3, -0.25) is 0 Å². The Morgan fingerprint density at radius 3 is 2.32 bits per heavy atom. The molecule has 31 heavy (non-hydrogen) atoms. The van der Waals surface area contributed by atoms with Gasteiger partial charge in [-0.2, -0.15) is 5.10 Å². The maximum Gasteiger partial charge on any atom is 0.182 e. The second kappa shape index (κ2) is 8.81. The second-order valence-electron chi connectivity index (χ2n) is 8.02. The number of rotatable bonds is 7. The number of nitrogens with zero attached hydrogens (tertiary/aromatic N) is 2. The molecule has 0 radical (unpaired) electrons. The molecule has 7 nitrogen and oxygen atoms in total. The Hall–Kier alpha value is -2.70. The Kier molecular flexibility index (Phi) is 6.53. The van der Waals surface area contributed by atoms with E-state index >= 15 is 0 Å². The van der Waals surface area contributed by atoms with Crippen LogP contribution in [0.5, 0.6) is 0 Å². The Morgan fingerprint density at radius 1 is 0.968 bits per heavy atom. The van der Waals surface area contributed by atoms with Crippen LogP contribution in [-0.4, -0.2) is 37.2 Å². The van der Waals surface area contributed by atoms with Crippen molar-refractivity contribution in [3.05, 3.63) is 60.3 Å². The number of nitrogens with one attached hydrogen (secondary N) is 2. The molecule has 2 N–H and O–H groups in total. The molecule has 1 aromatic heterocycles. The van der Waals surface area contributed by atoms with Crippen LogP contribution in [0.1, 0.15) is 19.4 Å². The zero-order valence-electron chi connectivity index (χ0n) is 18.2. The number of sulfone groups is 1. The van der Waals surface area contributed by atoms with Crippen LogP contribution >= 0.6 is 7.14 Å². The number of anilines is 4. The Balaban J connectivity index is 1.87. The minimum atomic E-state index is -3.45. The third-order valence-electron chi connectivity index (χ3n) is 4.84. The van der Waals surface area contributed by atoms with Crippen LogP contribution in [0.3, 0.4) is 0 Å². The molecule has 0 amide bonds. The van der Waals surface area contributed by atoms with Crippen LogP contribution in [0.2, 0.25) is 0 Å². The maximum absolute atomic E-state index is 12.7. The SMILES string of the molecule is Cc1cc(P(C)(C)=O)ccc1Nc1cc(Nc2ccccc2S(=O)(=O)C(C)C)cnn1. The summed E-state index contributed by atoms with van der Waals surface area (Å²) < 4.78 is 37.7. The fourth-order valence-electron chi connectivity index (χ4n) is 2.98. The molecule has 0 aliphatic carbocycles. The van der Waals surface area contributed by atoms with Crippen LogP contribution in [0, 0.1) is 6.92 Å². The third-order valence-corrected chi connectivity index (χ3v) is 8.57. The van der Waals surface area contributed by atoms with E-state index < -0.39 is 22.2 Å². The Labute approximate surface area is 183 Å². The van der Waals surface area contributed by atoms with Gasteiger partial charge in [0.15, 0.2) is 15.7 Å². The molecule has 1 heterocycles. The molecule has 0 saturated heterocycles. The van der Waals surface area contributed by atoms with Gasteiger partial charge < -0.3 is 15.2 Å². The fraction of sp³-hybridized carbons (Fsp3) is 0.273. The summed E-state index contributed by atoms with van der Waals surface area (Å²) in [5.41, 5.74) is 2.85. The third kappa shape index (κ3) is 5.32. The van der Waals surface area contributed by atoms with Crippen molar-refractivity contribution >= 4 is 45.2 Å². The molecule has 0 saturated carbocycles. The first-order valence-corrected chi connectivity index (χ1v) is 14.0. The van der Waals surface area contributed by atoms with Gasteiger partial charge in [-0.15, -0.1) is 5.10 Å². The van der Waals surface area contributed by atoms with Crippen LogP contribution in [-0.2, 0) is 14.4 Å². The predicted molar refractivity (Wildman–Crippen MR) is 128 cm³/mol. The van der Waals surface area contributed by atoms with E-state index in [4.69, 9.17) is 0 Å². The largest absolute Gasteiger partial charge is 0.353 e. The Bertz CT molecular complexity index is 1250. The van der Waals surface area contributed by atoms with Crippen molar-refractivity contribution in [3.63, 3.8) is 0 Å². The smallest absolute Gasteiger partial charge is 0.182 e. The van der Waals surface area contributed by atoms with Crippen molar-refractivity contribution in [2.45, 2.75) is 30.9 Å². The first-order valence-electron chi connectivity index (χ1n) is 9.84. The molecule has 164 valence electrons. The van der Waals surface area contributed by atoms with Crippen molar-refractivity contribution in [2.75, 3.05) is 24.0 Å². The average molecular weight is 459 g/mol. The van der Waals surface area contributed by atoms with E-state index in [0.717, 1.165) is 16.6 Å². The topological polar surface area (TPSA) is 101 Å². The highest BCUT2D eigenvalue weighted by atomic mass is 32.2. The first-order chi connectivity index (χ1) is 14.5. The lowest BCUT2D eigenvalue weighted by Crippen LogP contribution is -2.15. The van der Waals surface area contributed by atoms with Crippen molar-refractivity contribution in [2.24, 2.45) is 0 Å². The van der Waals surface area contributed by atoms with E-state index in [1.165, 1.54) is 6.20 Å². The quantitative estimate of drug-likeness (QED) is 0.495. The summed E-state index contributed by atoms with van der Waals surface area (Å²) in [7, 11) is -5.78. The van der Waals surface area contributed by atoms with Gasteiger partial charge in [-0.25, -0.2) is 8.42 Å². The lowest BCUT2D eigenvalue weighted by Gasteiger charge is -2.15. The van der Waals surface area contributed by atoms with Gasteiger partial charge in [0.1, 0.15) is 7.14 Å². The summed E-state index contributed by atoms with van der Waals surface area (Å²) in [5.74, 6) is 0.501. The van der Waals surface area contributed by atoms with E-state index in [9.17, 15) is 13.0 Å². The molecule has 0 aliphatic heterocycles. The molecular weight excluding hydrogens is 431 g/mol. The number of benzene rings is 2. The number of aromatic nitrogens is 2. The van der Waals surface area contributed by atoms with E-state index in [2.05, 4.69) is 20.8 Å². The molecular formula is C22H27N4O3PS. The molecule has 0 spiro atoms. The van der Waals surface area contributed by atoms with Gasteiger partial charge >= 0.3 is 0 Å². The summed E-state index contributed by atoms with van der Waals surface area (Å²) in [5, 5.41) is 14.8. The summed E-state index contributed by atoms with van der Waals surface area (Å²) >= 11 is 0. The molecule has 0 bridgehead atoms. The maximum atomic E-state index is 12.7. The second-order valence-corrected chi connectivity index (χ2v) is 13.7. The number of aryl methyl sites for hydroxylation is 1. The minimum absolute atomic E-state index is 0.242. The van der Waals surface area contributed by atoms with Crippen molar-refractivity contribution in [1.29, 1.82) is 0 Å². The molecule has 9 heteroatoms. The lowest BCUT2D eigenvalue weighted by atomic mass is 10.2.